The molecule has 23 heavy (non-hydrogen) atoms. The maximum atomic E-state index is 12.2. The molecule has 1 amide bonds. The van der Waals surface area contributed by atoms with E-state index in [-0.39, 0.29) is 10.8 Å². The van der Waals surface area contributed by atoms with Crippen LogP contribution in [0.4, 0.5) is 0 Å². The third-order valence-electron chi connectivity index (χ3n) is 3.23. The molecule has 0 N–H and O–H groups in total. The second-order valence-electron chi connectivity index (χ2n) is 6.35. The first kappa shape index (κ1) is 17.6. The Morgan fingerprint density at radius 1 is 1.39 bits per heavy atom. The van der Waals surface area contributed by atoms with Crippen molar-refractivity contribution in [1.82, 2.24) is 4.57 Å². The summed E-state index contributed by atoms with van der Waals surface area (Å²) in [6.07, 6.45) is 2.89. The predicted molar refractivity (Wildman–Crippen MR) is 93.1 cm³/mol. The number of hydrogen-bond acceptors (Lipinski definition) is 4. The molecule has 0 aliphatic heterocycles. The molecule has 0 spiro atoms. The second-order valence-corrected chi connectivity index (χ2v) is 9.38. The van der Waals surface area contributed by atoms with Crippen molar-refractivity contribution in [1.29, 1.82) is 0 Å². The van der Waals surface area contributed by atoms with Gasteiger partial charge in [0.15, 0.2) is 14.6 Å². The van der Waals surface area contributed by atoms with Crippen molar-refractivity contribution in [2.24, 2.45) is 10.4 Å². The summed E-state index contributed by atoms with van der Waals surface area (Å²) in [5.74, 6) is -0.217. The van der Waals surface area contributed by atoms with Crippen LogP contribution in [0, 0.1) is 5.41 Å². The molecule has 0 fully saturated rings. The van der Waals surface area contributed by atoms with Gasteiger partial charge >= 0.3 is 0 Å². The number of carbonyl (C=O) groups excluding carboxylic acids is 1. The molecular formula is C16H20N2O3S2. The molecule has 1 aromatic carbocycles. The van der Waals surface area contributed by atoms with E-state index >= 15 is 0 Å². The molecule has 124 valence electrons. The van der Waals surface area contributed by atoms with Gasteiger partial charge in [-0.25, -0.2) is 8.42 Å². The Kier molecular flexibility index (Phi) is 4.64. The lowest BCUT2D eigenvalue weighted by atomic mass is 9.96. The minimum absolute atomic E-state index is 0.217. The molecule has 5 nitrogen and oxygen atoms in total. The highest BCUT2D eigenvalue weighted by atomic mass is 32.2. The van der Waals surface area contributed by atoms with E-state index < -0.39 is 15.3 Å². The number of allylic oxidation sites excluding steroid dienone is 1. The number of hydrogen-bond donors (Lipinski definition) is 0. The first-order chi connectivity index (χ1) is 10.5. The molecule has 0 aliphatic carbocycles. The molecule has 0 aliphatic rings. The van der Waals surface area contributed by atoms with Crippen LogP contribution in [0.5, 0.6) is 0 Å². The zero-order valence-corrected chi connectivity index (χ0v) is 15.3. The number of thiazole rings is 1. The minimum atomic E-state index is -3.28. The molecule has 0 saturated carbocycles. The monoisotopic (exact) mass is 352 g/mol. The van der Waals surface area contributed by atoms with E-state index in [4.69, 9.17) is 0 Å². The molecule has 2 aromatic rings. The van der Waals surface area contributed by atoms with Gasteiger partial charge in [-0.2, -0.15) is 4.99 Å². The van der Waals surface area contributed by atoms with Gasteiger partial charge in [0.1, 0.15) is 0 Å². The van der Waals surface area contributed by atoms with Crippen LogP contribution in [0.25, 0.3) is 10.2 Å². The van der Waals surface area contributed by atoms with Crippen molar-refractivity contribution in [3.8, 4) is 0 Å². The van der Waals surface area contributed by atoms with Gasteiger partial charge < -0.3 is 4.57 Å². The first-order valence-electron chi connectivity index (χ1n) is 7.07. The Labute approximate surface area is 139 Å². The lowest BCUT2D eigenvalue weighted by molar-refractivity contribution is -0.125. The fraction of sp³-hybridized carbons (Fsp3) is 0.375. The third-order valence-corrected chi connectivity index (χ3v) is 5.38. The number of rotatable bonds is 3. The Balaban J connectivity index is 2.75. The maximum absolute atomic E-state index is 12.2. The zero-order valence-electron chi connectivity index (χ0n) is 13.7. The largest absolute Gasteiger partial charge is 0.313 e. The van der Waals surface area contributed by atoms with Crippen LogP contribution in [-0.2, 0) is 21.2 Å². The van der Waals surface area contributed by atoms with Gasteiger partial charge in [0.25, 0.3) is 5.91 Å². The summed E-state index contributed by atoms with van der Waals surface area (Å²) in [6.45, 7) is 9.66. The first-order valence-corrected chi connectivity index (χ1v) is 9.78. The van der Waals surface area contributed by atoms with Crippen molar-refractivity contribution >= 4 is 37.3 Å². The van der Waals surface area contributed by atoms with Crippen molar-refractivity contribution in [2.45, 2.75) is 32.2 Å². The summed E-state index contributed by atoms with van der Waals surface area (Å²) < 4.78 is 26.1. The summed E-state index contributed by atoms with van der Waals surface area (Å²) in [7, 11) is -3.28. The van der Waals surface area contributed by atoms with Gasteiger partial charge in [0.2, 0.25) is 0 Å². The highest BCUT2D eigenvalue weighted by molar-refractivity contribution is 7.90. The third kappa shape index (κ3) is 3.79. The van der Waals surface area contributed by atoms with Crippen LogP contribution in [0.2, 0.25) is 0 Å². The quantitative estimate of drug-likeness (QED) is 0.798. The second kappa shape index (κ2) is 6.05. The standard InChI is InChI=1S/C16H20N2O3S2/c1-6-9-18-12-8-7-11(23(5,20)21)10-13(12)22-15(18)17-14(19)16(2,3)4/h6-8,10H,1,9H2,2-5H3. The molecule has 1 heterocycles. The summed E-state index contributed by atoms with van der Waals surface area (Å²) in [6, 6.07) is 4.93. The van der Waals surface area contributed by atoms with Gasteiger partial charge in [-0.15, -0.1) is 6.58 Å². The van der Waals surface area contributed by atoms with Gasteiger partial charge in [0.05, 0.1) is 15.1 Å². The molecule has 0 unspecified atom stereocenters. The molecule has 0 atom stereocenters. The molecular weight excluding hydrogens is 332 g/mol. The smallest absolute Gasteiger partial charge is 0.253 e. The molecule has 7 heteroatoms. The van der Waals surface area contributed by atoms with Crippen molar-refractivity contribution in [2.75, 3.05) is 6.26 Å². The average molecular weight is 352 g/mol. The maximum Gasteiger partial charge on any atom is 0.253 e. The lowest BCUT2D eigenvalue weighted by Gasteiger charge is -2.11. The number of fused-ring (bicyclic) bond motifs is 1. The number of aromatic nitrogens is 1. The van der Waals surface area contributed by atoms with Gasteiger partial charge in [-0.1, -0.05) is 38.2 Å². The van der Waals surface area contributed by atoms with Gasteiger partial charge in [-0.05, 0) is 18.2 Å². The normalized spacial score (nSPS) is 13.5. The Morgan fingerprint density at radius 3 is 2.57 bits per heavy atom. The van der Waals surface area contributed by atoms with Crippen molar-refractivity contribution in [3.63, 3.8) is 0 Å². The molecule has 0 saturated heterocycles. The molecule has 0 radical (unpaired) electrons. The lowest BCUT2D eigenvalue weighted by Crippen LogP contribution is -2.23. The molecule has 0 bridgehead atoms. The van der Waals surface area contributed by atoms with E-state index in [9.17, 15) is 13.2 Å². The van der Waals surface area contributed by atoms with Crippen LogP contribution in [0.15, 0.2) is 40.7 Å². The number of nitrogens with zero attached hydrogens (tertiary/aromatic N) is 2. The van der Waals surface area contributed by atoms with E-state index in [0.29, 0.717) is 11.3 Å². The van der Waals surface area contributed by atoms with E-state index in [2.05, 4.69) is 11.6 Å². The number of amides is 1. The van der Waals surface area contributed by atoms with Crippen LogP contribution >= 0.6 is 11.3 Å². The van der Waals surface area contributed by atoms with Crippen molar-refractivity contribution < 1.29 is 13.2 Å². The van der Waals surface area contributed by atoms with Crippen LogP contribution in [-0.4, -0.2) is 25.1 Å². The summed E-state index contributed by atoms with van der Waals surface area (Å²) in [5, 5.41) is 0. The summed E-state index contributed by atoms with van der Waals surface area (Å²) in [5.41, 5.74) is 0.267. The average Bonchev–Trinajstić information content (AvgIpc) is 2.74. The molecule has 1 aromatic heterocycles. The summed E-state index contributed by atoms with van der Waals surface area (Å²) >= 11 is 1.30. The fourth-order valence-corrected chi connectivity index (χ4v) is 3.73. The minimum Gasteiger partial charge on any atom is -0.313 e. The topological polar surface area (TPSA) is 68.5 Å². The van der Waals surface area contributed by atoms with E-state index in [1.165, 1.54) is 17.6 Å². The fourth-order valence-electron chi connectivity index (χ4n) is 1.93. The predicted octanol–water partition coefficient (Wildman–Crippen LogP) is 2.77. The van der Waals surface area contributed by atoms with E-state index in [0.717, 1.165) is 10.2 Å². The Hall–Kier alpha value is -1.73. The van der Waals surface area contributed by atoms with Crippen LogP contribution < -0.4 is 4.80 Å². The van der Waals surface area contributed by atoms with E-state index in [1.54, 1.807) is 24.3 Å². The highest BCUT2D eigenvalue weighted by Crippen LogP contribution is 2.22. The van der Waals surface area contributed by atoms with E-state index in [1.807, 2.05) is 25.3 Å². The number of sulfone groups is 1. The molecule has 2 rings (SSSR count). The summed E-state index contributed by atoms with van der Waals surface area (Å²) in [4.78, 5) is 17.2. The van der Waals surface area contributed by atoms with Gasteiger partial charge in [-0.3, -0.25) is 4.79 Å². The van der Waals surface area contributed by atoms with Crippen molar-refractivity contribution in [3.05, 3.63) is 35.7 Å². The van der Waals surface area contributed by atoms with Gasteiger partial charge in [0, 0.05) is 18.2 Å². The SMILES string of the molecule is C=CCn1c(=NC(=O)C(C)(C)C)sc2cc(S(C)(=O)=O)ccc21. The number of carbonyl (C=O) groups is 1. The van der Waals surface area contributed by atoms with Crippen LogP contribution in [0.3, 0.4) is 0 Å². The Morgan fingerprint density at radius 2 is 2.04 bits per heavy atom. The highest BCUT2D eigenvalue weighted by Gasteiger charge is 2.21. The van der Waals surface area contributed by atoms with Crippen LogP contribution in [0.1, 0.15) is 20.8 Å². The Bertz CT molecular complexity index is 942. The zero-order chi connectivity index (χ0) is 17.4. The number of benzene rings is 1.